The van der Waals surface area contributed by atoms with Crippen LogP contribution in [0, 0.1) is 0 Å². The summed E-state index contributed by atoms with van der Waals surface area (Å²) in [5.41, 5.74) is 2.32. The lowest BCUT2D eigenvalue weighted by molar-refractivity contribution is 0.201. The average Bonchev–Trinajstić information content (AvgIpc) is 3.20. The van der Waals surface area contributed by atoms with Crippen molar-refractivity contribution in [2.75, 3.05) is 7.05 Å². The molecule has 0 amide bonds. The van der Waals surface area contributed by atoms with Crippen LogP contribution in [0.15, 0.2) is 53.7 Å². The number of aliphatic imine (C=N–C) groups is 1. The number of nitrogens with zero attached hydrogens (tertiary/aromatic N) is 2. The molecule has 5 nitrogen and oxygen atoms in total. The Labute approximate surface area is 155 Å². The zero-order chi connectivity index (χ0) is 18.2. The quantitative estimate of drug-likeness (QED) is 0.613. The van der Waals surface area contributed by atoms with Crippen LogP contribution in [-0.2, 0) is 6.54 Å². The summed E-state index contributed by atoms with van der Waals surface area (Å²) in [6.07, 6.45) is 7.03. The van der Waals surface area contributed by atoms with E-state index in [1.54, 1.807) is 7.05 Å². The van der Waals surface area contributed by atoms with Gasteiger partial charge in [0.05, 0.1) is 6.04 Å². The lowest BCUT2D eigenvalue weighted by Gasteiger charge is -2.18. The number of pyridine rings is 1. The maximum absolute atomic E-state index is 5.91. The molecule has 0 radical (unpaired) electrons. The smallest absolute Gasteiger partial charge is 0.213 e. The highest BCUT2D eigenvalue weighted by atomic mass is 16.5. The van der Waals surface area contributed by atoms with Crippen molar-refractivity contribution in [3.8, 4) is 5.88 Å². The van der Waals surface area contributed by atoms with E-state index in [1.165, 1.54) is 18.4 Å². The molecule has 1 atom stereocenters. The van der Waals surface area contributed by atoms with Crippen LogP contribution in [0.25, 0.3) is 0 Å². The van der Waals surface area contributed by atoms with E-state index >= 15 is 0 Å². The SMILES string of the molecule is CN=C(NCc1ccc(OC2CCCC2)nc1)NC(C)c1ccccc1. The number of hydrogen-bond acceptors (Lipinski definition) is 3. The van der Waals surface area contributed by atoms with Crippen molar-refractivity contribution in [2.45, 2.75) is 51.3 Å². The second kappa shape index (κ2) is 9.22. The monoisotopic (exact) mass is 352 g/mol. The Bertz CT molecular complexity index is 694. The molecule has 0 bridgehead atoms. The number of ether oxygens (including phenoxy) is 1. The third-order valence-electron chi connectivity index (χ3n) is 4.72. The molecular weight excluding hydrogens is 324 g/mol. The number of benzene rings is 1. The Hall–Kier alpha value is -2.56. The number of rotatable bonds is 6. The minimum absolute atomic E-state index is 0.183. The van der Waals surface area contributed by atoms with E-state index in [9.17, 15) is 0 Å². The minimum atomic E-state index is 0.183. The Morgan fingerprint density at radius 1 is 1.19 bits per heavy atom. The van der Waals surface area contributed by atoms with Crippen LogP contribution in [0.5, 0.6) is 5.88 Å². The molecule has 3 rings (SSSR count). The average molecular weight is 352 g/mol. The second-order valence-corrected chi connectivity index (χ2v) is 6.73. The highest BCUT2D eigenvalue weighted by molar-refractivity contribution is 5.80. The third-order valence-corrected chi connectivity index (χ3v) is 4.72. The first-order chi connectivity index (χ1) is 12.7. The largest absolute Gasteiger partial charge is 0.474 e. The Kier molecular flexibility index (Phi) is 6.47. The van der Waals surface area contributed by atoms with Crippen LogP contribution in [0.4, 0.5) is 0 Å². The molecule has 2 aromatic rings. The summed E-state index contributed by atoms with van der Waals surface area (Å²) in [5, 5.41) is 6.74. The molecule has 1 aromatic carbocycles. The fraction of sp³-hybridized carbons (Fsp3) is 0.429. The summed E-state index contributed by atoms with van der Waals surface area (Å²) < 4.78 is 5.91. The van der Waals surface area contributed by atoms with Crippen LogP contribution in [0.2, 0.25) is 0 Å². The van der Waals surface area contributed by atoms with Crippen molar-refractivity contribution in [2.24, 2.45) is 4.99 Å². The summed E-state index contributed by atoms with van der Waals surface area (Å²) in [5.74, 6) is 1.49. The molecule has 5 heteroatoms. The summed E-state index contributed by atoms with van der Waals surface area (Å²) in [7, 11) is 1.78. The molecule has 26 heavy (non-hydrogen) atoms. The third kappa shape index (κ3) is 5.22. The van der Waals surface area contributed by atoms with E-state index in [0.29, 0.717) is 12.6 Å². The van der Waals surface area contributed by atoms with Crippen LogP contribution in [-0.4, -0.2) is 24.1 Å². The van der Waals surface area contributed by atoms with Gasteiger partial charge in [-0.3, -0.25) is 4.99 Å². The van der Waals surface area contributed by atoms with Crippen LogP contribution in [0.3, 0.4) is 0 Å². The molecule has 0 aliphatic heterocycles. The van der Waals surface area contributed by atoms with Gasteiger partial charge in [0.1, 0.15) is 6.10 Å². The van der Waals surface area contributed by atoms with E-state index < -0.39 is 0 Å². The van der Waals surface area contributed by atoms with Gasteiger partial charge in [0.25, 0.3) is 0 Å². The first kappa shape index (κ1) is 18.2. The molecule has 1 aliphatic rings. The van der Waals surface area contributed by atoms with Crippen LogP contribution < -0.4 is 15.4 Å². The van der Waals surface area contributed by atoms with E-state index in [4.69, 9.17) is 4.74 Å². The second-order valence-electron chi connectivity index (χ2n) is 6.73. The molecule has 1 aromatic heterocycles. The molecule has 0 saturated heterocycles. The van der Waals surface area contributed by atoms with Crippen LogP contribution >= 0.6 is 0 Å². The molecule has 1 aliphatic carbocycles. The maximum Gasteiger partial charge on any atom is 0.213 e. The first-order valence-electron chi connectivity index (χ1n) is 9.38. The van der Waals surface area contributed by atoms with Gasteiger partial charge < -0.3 is 15.4 Å². The predicted molar refractivity (Wildman–Crippen MR) is 105 cm³/mol. The van der Waals surface area contributed by atoms with E-state index in [2.05, 4.69) is 45.7 Å². The van der Waals surface area contributed by atoms with E-state index in [1.807, 2.05) is 30.5 Å². The van der Waals surface area contributed by atoms with Crippen molar-refractivity contribution in [1.82, 2.24) is 15.6 Å². The predicted octanol–water partition coefficient (Wildman–Crippen LogP) is 3.83. The Morgan fingerprint density at radius 2 is 1.96 bits per heavy atom. The van der Waals surface area contributed by atoms with Gasteiger partial charge in [0.15, 0.2) is 5.96 Å². The van der Waals surface area contributed by atoms with Gasteiger partial charge in [0, 0.05) is 25.9 Å². The van der Waals surface area contributed by atoms with Crippen LogP contribution in [0.1, 0.15) is 49.8 Å². The zero-order valence-corrected chi connectivity index (χ0v) is 15.6. The van der Waals surface area contributed by atoms with Crippen molar-refractivity contribution in [3.63, 3.8) is 0 Å². The van der Waals surface area contributed by atoms with Gasteiger partial charge in [-0.25, -0.2) is 4.98 Å². The molecular formula is C21H28N4O. The number of hydrogen-bond donors (Lipinski definition) is 2. The topological polar surface area (TPSA) is 58.5 Å². The Balaban J connectivity index is 1.48. The Morgan fingerprint density at radius 3 is 2.62 bits per heavy atom. The molecule has 1 fully saturated rings. The summed E-state index contributed by atoms with van der Waals surface area (Å²) >= 11 is 0. The molecule has 1 unspecified atom stereocenters. The normalized spacial score (nSPS) is 16.3. The standard InChI is InChI=1S/C21H28N4O/c1-16(18-8-4-3-5-9-18)25-21(22-2)24-15-17-12-13-20(23-14-17)26-19-10-6-7-11-19/h3-5,8-9,12-14,16,19H,6-7,10-11,15H2,1-2H3,(H2,22,24,25). The van der Waals surface area contributed by atoms with E-state index in [-0.39, 0.29) is 6.04 Å². The summed E-state index contributed by atoms with van der Waals surface area (Å²) in [4.78, 5) is 8.74. The van der Waals surface area contributed by atoms with Gasteiger partial charge in [0.2, 0.25) is 5.88 Å². The highest BCUT2D eigenvalue weighted by Gasteiger charge is 2.16. The van der Waals surface area contributed by atoms with Crippen molar-refractivity contribution >= 4 is 5.96 Å². The first-order valence-corrected chi connectivity index (χ1v) is 9.38. The lowest BCUT2D eigenvalue weighted by atomic mass is 10.1. The maximum atomic E-state index is 5.91. The minimum Gasteiger partial charge on any atom is -0.474 e. The number of nitrogens with one attached hydrogen (secondary N) is 2. The fourth-order valence-corrected chi connectivity index (χ4v) is 3.17. The van der Waals surface area contributed by atoms with Gasteiger partial charge in [-0.05, 0) is 43.7 Å². The lowest BCUT2D eigenvalue weighted by Crippen LogP contribution is -2.38. The summed E-state index contributed by atoms with van der Waals surface area (Å²) in [6.45, 7) is 2.79. The van der Waals surface area contributed by atoms with Gasteiger partial charge in [-0.15, -0.1) is 0 Å². The van der Waals surface area contributed by atoms with Crippen molar-refractivity contribution < 1.29 is 4.74 Å². The van der Waals surface area contributed by atoms with Crippen molar-refractivity contribution in [3.05, 3.63) is 59.8 Å². The van der Waals surface area contributed by atoms with Gasteiger partial charge in [-0.1, -0.05) is 36.4 Å². The summed E-state index contributed by atoms with van der Waals surface area (Å²) in [6, 6.07) is 14.5. The van der Waals surface area contributed by atoms with Crippen molar-refractivity contribution in [1.29, 1.82) is 0 Å². The fourth-order valence-electron chi connectivity index (χ4n) is 3.17. The van der Waals surface area contributed by atoms with Gasteiger partial charge in [-0.2, -0.15) is 0 Å². The molecule has 0 spiro atoms. The molecule has 2 N–H and O–H groups in total. The van der Waals surface area contributed by atoms with E-state index in [0.717, 1.165) is 30.2 Å². The zero-order valence-electron chi connectivity index (χ0n) is 15.6. The molecule has 1 heterocycles. The highest BCUT2D eigenvalue weighted by Crippen LogP contribution is 2.22. The van der Waals surface area contributed by atoms with Gasteiger partial charge >= 0.3 is 0 Å². The number of aromatic nitrogens is 1. The number of guanidine groups is 1. The molecule has 138 valence electrons. The molecule has 1 saturated carbocycles.